The number of ether oxygens (including phenoxy) is 3. The quantitative estimate of drug-likeness (QED) is 0.0395. The fourth-order valence-corrected chi connectivity index (χ4v) is 19.9. The fourth-order valence-electron chi connectivity index (χ4n) is 19.9. The van der Waals surface area contributed by atoms with Gasteiger partial charge in [-0.3, -0.25) is 14.4 Å². The first kappa shape index (κ1) is 86.8. The van der Waals surface area contributed by atoms with Gasteiger partial charge in [0.05, 0.1) is 36.7 Å². The van der Waals surface area contributed by atoms with Crippen molar-refractivity contribution in [2.45, 2.75) is 140 Å². The van der Waals surface area contributed by atoms with E-state index in [1.54, 1.807) is 21.6 Å². The normalized spacial score (nSPS) is 21.4. The van der Waals surface area contributed by atoms with Gasteiger partial charge in [-0.15, -0.1) is 0 Å². The molecule has 3 aromatic heterocycles. The second kappa shape index (κ2) is 40.1. The molecule has 18 rings (SSSR count). The van der Waals surface area contributed by atoms with Crippen LogP contribution in [-0.4, -0.2) is 272 Å². The van der Waals surface area contributed by atoms with E-state index in [2.05, 4.69) is 239 Å². The molecule has 9 aliphatic rings. The van der Waals surface area contributed by atoms with Gasteiger partial charge in [-0.25, -0.2) is 19.7 Å². The first-order chi connectivity index (χ1) is 61.6. The zero-order valence-electron chi connectivity index (χ0n) is 73.4. The highest BCUT2D eigenvalue weighted by Gasteiger charge is 2.42. The first-order valence-corrected chi connectivity index (χ1v) is 44.8. The van der Waals surface area contributed by atoms with Crippen LogP contribution in [0.1, 0.15) is 92.6 Å². The number of likely N-dealkylation sites (N-methyl/N-ethyl adjacent to an activating group) is 3. The molecule has 6 aromatic carbocycles. The maximum Gasteiger partial charge on any atom is 0.318 e. The zero-order chi connectivity index (χ0) is 87.3. The summed E-state index contributed by atoms with van der Waals surface area (Å²) in [5.41, 5.74) is 9.96. The molecule has 27 nitrogen and oxygen atoms in total. The van der Waals surface area contributed by atoms with Crippen molar-refractivity contribution >= 4 is 84.6 Å². The largest absolute Gasteiger partial charge is 0.462 e. The molecule has 6 fully saturated rings. The average molecular weight is 1700 g/mol. The number of piperazine rings is 3. The molecule has 1 unspecified atom stereocenters. The maximum atomic E-state index is 12.7. The van der Waals surface area contributed by atoms with Gasteiger partial charge in [0.15, 0.2) is 0 Å². The summed E-state index contributed by atoms with van der Waals surface area (Å²) in [7, 11) is 6.45. The SMILES string of the molecule is [C-]#[N+]CC1CN(c2nc(OC[C@@H]3CCCN3C)nc3c2CCN(c2cccc4ccccc24)C3)CCN1C(=O)C#CC.[C-]#[N+]C[C@H]1CN(c2nc(OC[C@@H]3CCCCN3C)nc3c2CCN(c2cccc4ccccc24)C3)CCN1C(=O)C=C.[C-]#[N+]C[C@H]1CN(c2nc(OC[C@@H]3CCCN3C)nc3c2CCN(c2cccc4ccccc24)C3)[C@H](C)CN1C(=O)C=C. The Morgan fingerprint density at radius 2 is 0.794 bits per heavy atom. The zero-order valence-corrected chi connectivity index (χ0v) is 73.4. The standard InChI is InChI=1S/C33H39N7O2.C33H37N7O2.C33H39N7O2/c1-5-31(41)40-19-23(2)39(20-26(40)18-34-3)32-28-15-17-38(30-14-8-11-24-10-6-7-13-27(24)30)21-29(28)35-33(36-32)42-22-25-12-9-16-37(25)4;1-4-9-31(41)40-19-18-39(21-26(40)20-34-2)32-28-15-17-38(30-14-7-11-24-10-5-6-13-27(24)30)22-29(28)35-33(36-32)42-23-25-12-8-16-37(25)3;1-4-31(41)40-19-18-39(21-26(40)20-34-2)32-28-15-17-38(30-14-9-11-24-10-5-6-13-27(24)30)22-29(28)35-33(36-32)42-23-25-12-7-8-16-37(25)3/h5-8,10-11,13-14,23,25-26H,1,9,12,15-22H2,2,4H3;5-7,10-11,13-14,25-26H,8,12,15-23H2,1,3H3;4-6,9-11,13-14,25-26H,1,7-8,12,15-23H2,3H3/t23-,25+,26+;25-,26?;25-,26-/m100/s1. The number of likely N-dealkylation sites (tertiary alicyclic amines) is 3. The van der Waals surface area contributed by atoms with Gasteiger partial charge in [0.25, 0.3) is 5.91 Å². The Kier molecular flexibility index (Phi) is 27.6. The lowest BCUT2D eigenvalue weighted by molar-refractivity contribution is -0.129. The Morgan fingerprint density at radius 3 is 1.21 bits per heavy atom. The van der Waals surface area contributed by atoms with Gasteiger partial charge in [-0.05, 0) is 165 Å². The molecule has 9 aliphatic heterocycles. The molecule has 0 bridgehead atoms. The summed E-state index contributed by atoms with van der Waals surface area (Å²) in [6.45, 7) is 48.2. The van der Waals surface area contributed by atoms with Gasteiger partial charge in [0.1, 0.15) is 55.4 Å². The second-order valence-electron chi connectivity index (χ2n) is 34.6. The summed E-state index contributed by atoms with van der Waals surface area (Å²) in [6, 6.07) is 46.5. The lowest BCUT2D eigenvalue weighted by Gasteiger charge is -2.45. The van der Waals surface area contributed by atoms with E-state index in [0.717, 1.165) is 129 Å². The van der Waals surface area contributed by atoms with Crippen molar-refractivity contribution in [3.63, 3.8) is 0 Å². The summed E-state index contributed by atoms with van der Waals surface area (Å²) < 4.78 is 19.0. The second-order valence-corrected chi connectivity index (χ2v) is 34.6. The van der Waals surface area contributed by atoms with Crippen molar-refractivity contribution < 1.29 is 28.6 Å². The summed E-state index contributed by atoms with van der Waals surface area (Å²) in [5, 5.41) is 7.37. The Hall–Kier alpha value is -12.7. The minimum absolute atomic E-state index is 0.0137. The number of rotatable bonds is 20. The molecule has 0 radical (unpaired) electrons. The van der Waals surface area contributed by atoms with E-state index in [-0.39, 0.29) is 61.5 Å². The molecule has 126 heavy (non-hydrogen) atoms. The van der Waals surface area contributed by atoms with E-state index >= 15 is 0 Å². The van der Waals surface area contributed by atoms with Crippen LogP contribution >= 0.6 is 0 Å². The van der Waals surface area contributed by atoms with Gasteiger partial charge < -0.3 is 87.5 Å². The van der Waals surface area contributed by atoms with Gasteiger partial charge in [-0.1, -0.05) is 135 Å². The number of hydrogen-bond acceptors (Lipinski definition) is 21. The van der Waals surface area contributed by atoms with Crippen LogP contribution in [0.15, 0.2) is 153 Å². The third-order valence-corrected chi connectivity index (χ3v) is 26.9. The van der Waals surface area contributed by atoms with Crippen molar-refractivity contribution in [2.24, 2.45) is 0 Å². The molecule has 0 N–H and O–H groups in total. The molecule has 3 amide bonds. The van der Waals surface area contributed by atoms with E-state index in [1.165, 1.54) is 87.2 Å². The van der Waals surface area contributed by atoms with Crippen LogP contribution in [-0.2, 0) is 53.3 Å². The number of aromatic nitrogens is 6. The topological polar surface area (TPSA) is 208 Å². The van der Waals surface area contributed by atoms with Gasteiger partial charge in [0, 0.05) is 146 Å². The molecule has 0 aliphatic carbocycles. The highest BCUT2D eigenvalue weighted by molar-refractivity contribution is 5.97. The lowest BCUT2D eigenvalue weighted by Crippen LogP contribution is -2.60. The number of anilines is 6. The molecule has 652 valence electrons. The van der Waals surface area contributed by atoms with Crippen LogP contribution in [0, 0.1) is 31.6 Å². The van der Waals surface area contributed by atoms with Gasteiger partial charge in [-0.2, -0.15) is 29.9 Å². The molecular weight excluding hydrogens is 1580 g/mol. The number of carbonyl (C=O) groups excluding carboxylic acids is 3. The third kappa shape index (κ3) is 19.3. The number of amides is 3. The smallest absolute Gasteiger partial charge is 0.318 e. The number of nitrogens with zero attached hydrogens (tertiary/aromatic N) is 21. The number of hydrogen-bond donors (Lipinski definition) is 0. The van der Waals surface area contributed by atoms with Crippen molar-refractivity contribution in [1.82, 2.24) is 59.3 Å². The molecule has 12 heterocycles. The van der Waals surface area contributed by atoms with Crippen molar-refractivity contribution in [3.05, 3.63) is 221 Å². The molecule has 7 atom stereocenters. The Morgan fingerprint density at radius 1 is 0.421 bits per heavy atom. The highest BCUT2D eigenvalue weighted by Crippen LogP contribution is 2.41. The van der Waals surface area contributed by atoms with Crippen molar-refractivity contribution in [3.8, 4) is 29.9 Å². The molecule has 6 saturated heterocycles. The van der Waals surface area contributed by atoms with E-state index in [4.69, 9.17) is 63.8 Å². The maximum absolute atomic E-state index is 12.7. The molecule has 0 saturated carbocycles. The van der Waals surface area contributed by atoms with Crippen molar-refractivity contribution in [2.75, 3.05) is 182 Å². The van der Waals surface area contributed by atoms with E-state index in [1.807, 2.05) is 0 Å². The first-order valence-electron chi connectivity index (χ1n) is 44.8. The molecular formula is C99H115N21O6. The van der Waals surface area contributed by atoms with E-state index in [0.29, 0.717) is 128 Å². The summed E-state index contributed by atoms with van der Waals surface area (Å²) in [6.07, 6.45) is 13.2. The minimum atomic E-state index is -0.248. The van der Waals surface area contributed by atoms with Crippen LogP contribution in [0.4, 0.5) is 34.5 Å². The van der Waals surface area contributed by atoms with Gasteiger partial charge in [0.2, 0.25) is 31.4 Å². The Balaban J connectivity index is 0.000000139. The molecule has 27 heteroatoms. The van der Waals surface area contributed by atoms with Crippen molar-refractivity contribution in [1.29, 1.82) is 0 Å². The average Bonchev–Trinajstić information content (AvgIpc) is 0.787. The molecule has 9 aromatic rings. The number of piperidine rings is 1. The number of fused-ring (bicyclic) bond motifs is 6. The van der Waals surface area contributed by atoms with Crippen LogP contribution in [0.2, 0.25) is 0 Å². The number of benzene rings is 6. The lowest BCUT2D eigenvalue weighted by atomic mass is 10.00. The van der Waals surface area contributed by atoms with E-state index < -0.39 is 0 Å². The minimum Gasteiger partial charge on any atom is -0.462 e. The Bertz CT molecular complexity index is 5660. The highest BCUT2D eigenvalue weighted by atomic mass is 16.5. The monoisotopic (exact) mass is 1690 g/mol. The van der Waals surface area contributed by atoms with Crippen LogP contribution in [0.3, 0.4) is 0 Å². The summed E-state index contributed by atoms with van der Waals surface area (Å²) in [5.74, 6) is 7.52. The third-order valence-electron chi connectivity index (χ3n) is 26.9. The summed E-state index contributed by atoms with van der Waals surface area (Å²) >= 11 is 0. The van der Waals surface area contributed by atoms with Crippen LogP contribution in [0.5, 0.6) is 18.0 Å². The molecule has 0 spiro atoms. The van der Waals surface area contributed by atoms with Crippen LogP contribution in [0.25, 0.3) is 46.9 Å². The predicted octanol–water partition coefficient (Wildman–Crippen LogP) is 12.0. The van der Waals surface area contributed by atoms with Crippen LogP contribution < -0.4 is 43.6 Å². The fraction of sp³-hybridized carbons (Fsp3) is 0.455. The number of carbonyl (C=O) groups is 3. The Labute approximate surface area is 740 Å². The van der Waals surface area contributed by atoms with E-state index in [9.17, 15) is 14.4 Å². The summed E-state index contributed by atoms with van der Waals surface area (Å²) in [4.78, 5) is 105. The van der Waals surface area contributed by atoms with Gasteiger partial charge >= 0.3 is 18.0 Å². The predicted molar refractivity (Wildman–Crippen MR) is 496 cm³/mol.